The van der Waals surface area contributed by atoms with Gasteiger partial charge >= 0.3 is 0 Å². The highest BCUT2D eigenvalue weighted by Crippen LogP contribution is 1.91. The fourth-order valence-corrected chi connectivity index (χ4v) is 0.772. The van der Waals surface area contributed by atoms with Gasteiger partial charge in [0.2, 0.25) is 0 Å². The third-order valence-electron chi connectivity index (χ3n) is 1.11. The lowest BCUT2D eigenvalue weighted by atomic mass is 10.5. The topological polar surface area (TPSA) is 49.9 Å². The third kappa shape index (κ3) is 2.44. The minimum Gasteiger partial charge on any atom is -0.343 e. The molecule has 0 aliphatic carbocycles. The van der Waals surface area contributed by atoms with E-state index in [4.69, 9.17) is 17.1 Å². The maximum Gasteiger partial charge on any atom is 0.148 e. The van der Waals surface area contributed by atoms with Gasteiger partial charge in [-0.05, 0) is 0 Å². The van der Waals surface area contributed by atoms with E-state index in [-0.39, 0.29) is 0 Å². The van der Waals surface area contributed by atoms with Gasteiger partial charge in [0, 0.05) is 0 Å². The molecular weight excluding hydrogens is 174 g/mol. The minimum absolute atomic E-state index is 0.411. The maximum atomic E-state index is 4.95. The summed E-state index contributed by atoms with van der Waals surface area (Å²) in [5, 5.41) is 0. The van der Waals surface area contributed by atoms with Crippen molar-refractivity contribution in [1.82, 2.24) is 15.4 Å². The van der Waals surface area contributed by atoms with Gasteiger partial charge in [-0.15, -0.1) is 6.58 Å². The van der Waals surface area contributed by atoms with E-state index in [2.05, 4.69) is 22.0 Å². The Labute approximate surface area is 75.6 Å². The van der Waals surface area contributed by atoms with Crippen LogP contribution in [0.2, 0.25) is 0 Å². The lowest BCUT2D eigenvalue weighted by molar-refractivity contribution is 0.113. The monoisotopic (exact) mass is 183 g/mol. The van der Waals surface area contributed by atoms with E-state index < -0.39 is 0 Å². The lowest BCUT2D eigenvalue weighted by Crippen LogP contribution is -2.22. The summed E-state index contributed by atoms with van der Waals surface area (Å²) < 4.78 is 0. The molecule has 64 valence electrons. The molecule has 5 heteroatoms. The van der Waals surface area contributed by atoms with Gasteiger partial charge in [0.25, 0.3) is 0 Å². The largest absolute Gasteiger partial charge is 0.343 e. The quantitative estimate of drug-likeness (QED) is 0.313. The number of rotatable bonds is 4. The van der Waals surface area contributed by atoms with E-state index >= 15 is 0 Å². The minimum atomic E-state index is 0.411. The second-order valence-corrected chi connectivity index (χ2v) is 2.40. The molecule has 0 saturated heterocycles. The molecular formula is C7H9N3OS. The van der Waals surface area contributed by atoms with Crippen molar-refractivity contribution >= 4 is 17.2 Å². The van der Waals surface area contributed by atoms with Crippen LogP contribution in [-0.2, 0) is 4.84 Å². The number of thiocarbonyl (C=S) groups is 1. The fourth-order valence-electron chi connectivity index (χ4n) is 0.601. The van der Waals surface area contributed by atoms with Crippen LogP contribution in [0.15, 0.2) is 25.2 Å². The zero-order chi connectivity index (χ0) is 8.81. The zero-order valence-corrected chi connectivity index (χ0v) is 7.23. The number of aromatic amines is 1. The summed E-state index contributed by atoms with van der Waals surface area (Å²) in [5.74, 6) is 0. The van der Waals surface area contributed by atoms with Crippen molar-refractivity contribution in [2.75, 3.05) is 6.61 Å². The SMILES string of the molecule is C=CCONC(=S)c1cnc[nH]1. The average Bonchev–Trinajstić information content (AvgIpc) is 2.56. The molecule has 0 spiro atoms. The standard InChI is InChI=1S/C7H9N3OS/c1-2-3-11-10-7(12)6-4-8-5-9-6/h2,4-5H,1,3H2,(H,8,9)(H,10,12). The van der Waals surface area contributed by atoms with Gasteiger partial charge in [0.1, 0.15) is 4.99 Å². The summed E-state index contributed by atoms with van der Waals surface area (Å²) in [6.45, 7) is 3.90. The van der Waals surface area contributed by atoms with Gasteiger partial charge in [-0.1, -0.05) is 18.3 Å². The Hall–Kier alpha value is -1.20. The fraction of sp³-hybridized carbons (Fsp3) is 0.143. The van der Waals surface area contributed by atoms with Crippen molar-refractivity contribution in [3.8, 4) is 0 Å². The first-order chi connectivity index (χ1) is 5.84. The normalized spacial score (nSPS) is 9.33. The summed E-state index contributed by atoms with van der Waals surface area (Å²) in [5.41, 5.74) is 3.31. The van der Waals surface area contributed by atoms with Crippen molar-refractivity contribution in [2.45, 2.75) is 0 Å². The molecule has 0 aromatic carbocycles. The number of hydroxylamine groups is 1. The highest BCUT2D eigenvalue weighted by atomic mass is 32.1. The van der Waals surface area contributed by atoms with E-state index in [1.807, 2.05) is 0 Å². The van der Waals surface area contributed by atoms with Crippen LogP contribution in [0, 0.1) is 0 Å². The number of hydrogen-bond acceptors (Lipinski definition) is 3. The summed E-state index contributed by atoms with van der Waals surface area (Å²) in [4.78, 5) is 12.0. The molecule has 1 aromatic rings. The van der Waals surface area contributed by atoms with Gasteiger partial charge in [0.05, 0.1) is 24.8 Å². The maximum absolute atomic E-state index is 4.95. The summed E-state index contributed by atoms with van der Waals surface area (Å²) in [6.07, 6.45) is 4.80. The number of aromatic nitrogens is 2. The van der Waals surface area contributed by atoms with Crippen LogP contribution < -0.4 is 5.48 Å². The summed E-state index contributed by atoms with van der Waals surface area (Å²) in [6, 6.07) is 0. The Bertz CT molecular complexity index is 258. The Morgan fingerprint density at radius 1 is 1.92 bits per heavy atom. The Balaban J connectivity index is 2.34. The molecule has 0 radical (unpaired) electrons. The predicted octanol–water partition coefficient (Wildman–Crippen LogP) is 0.792. The van der Waals surface area contributed by atoms with Crippen LogP contribution in [0.1, 0.15) is 5.69 Å². The van der Waals surface area contributed by atoms with Crippen LogP contribution in [0.25, 0.3) is 0 Å². The number of nitrogens with one attached hydrogen (secondary N) is 2. The first-order valence-corrected chi connectivity index (χ1v) is 3.77. The summed E-state index contributed by atoms with van der Waals surface area (Å²) in [7, 11) is 0. The Kier molecular flexibility index (Phi) is 3.43. The van der Waals surface area contributed by atoms with Crippen LogP contribution in [0.5, 0.6) is 0 Å². The van der Waals surface area contributed by atoms with Crippen molar-refractivity contribution in [1.29, 1.82) is 0 Å². The first-order valence-electron chi connectivity index (χ1n) is 3.36. The molecule has 12 heavy (non-hydrogen) atoms. The molecule has 0 unspecified atom stereocenters. The Morgan fingerprint density at radius 3 is 3.33 bits per heavy atom. The molecule has 4 nitrogen and oxygen atoms in total. The van der Waals surface area contributed by atoms with Crippen LogP contribution in [0.3, 0.4) is 0 Å². The van der Waals surface area contributed by atoms with Crippen molar-refractivity contribution < 1.29 is 4.84 Å². The molecule has 0 atom stereocenters. The smallest absolute Gasteiger partial charge is 0.148 e. The molecule has 0 fully saturated rings. The van der Waals surface area contributed by atoms with E-state index in [1.165, 1.54) is 0 Å². The summed E-state index contributed by atoms with van der Waals surface area (Å²) >= 11 is 4.95. The van der Waals surface area contributed by atoms with Crippen LogP contribution in [-0.4, -0.2) is 21.6 Å². The number of hydrogen-bond donors (Lipinski definition) is 2. The molecule has 1 rings (SSSR count). The zero-order valence-electron chi connectivity index (χ0n) is 6.41. The number of H-pyrrole nitrogens is 1. The second-order valence-electron chi connectivity index (χ2n) is 2.00. The molecule has 0 amide bonds. The predicted molar refractivity (Wildman–Crippen MR) is 49.6 cm³/mol. The van der Waals surface area contributed by atoms with Gasteiger partial charge in [-0.2, -0.15) is 0 Å². The molecule has 1 aromatic heterocycles. The van der Waals surface area contributed by atoms with Gasteiger partial charge in [-0.25, -0.2) is 4.98 Å². The third-order valence-corrected chi connectivity index (χ3v) is 1.41. The van der Waals surface area contributed by atoms with E-state index in [9.17, 15) is 0 Å². The molecule has 1 heterocycles. The van der Waals surface area contributed by atoms with Crippen molar-refractivity contribution in [3.05, 3.63) is 30.9 Å². The second kappa shape index (κ2) is 4.63. The number of imidazole rings is 1. The Morgan fingerprint density at radius 2 is 2.75 bits per heavy atom. The highest BCUT2D eigenvalue weighted by molar-refractivity contribution is 7.80. The van der Waals surface area contributed by atoms with Gasteiger partial charge in [-0.3, -0.25) is 10.3 Å². The van der Waals surface area contributed by atoms with E-state index in [1.54, 1.807) is 18.6 Å². The van der Waals surface area contributed by atoms with Gasteiger partial charge < -0.3 is 4.98 Å². The lowest BCUT2D eigenvalue weighted by Gasteiger charge is -2.03. The van der Waals surface area contributed by atoms with Crippen molar-refractivity contribution in [2.24, 2.45) is 0 Å². The molecule has 0 saturated carbocycles. The first kappa shape index (κ1) is 8.89. The molecule has 0 aliphatic rings. The molecule has 0 aliphatic heterocycles. The highest BCUT2D eigenvalue weighted by Gasteiger charge is 1.99. The number of nitrogens with zero attached hydrogens (tertiary/aromatic N) is 1. The van der Waals surface area contributed by atoms with E-state index in [0.29, 0.717) is 11.6 Å². The average molecular weight is 183 g/mol. The van der Waals surface area contributed by atoms with Crippen LogP contribution in [0.4, 0.5) is 0 Å². The van der Waals surface area contributed by atoms with E-state index in [0.717, 1.165) is 5.69 Å². The molecule has 0 bridgehead atoms. The van der Waals surface area contributed by atoms with Crippen LogP contribution >= 0.6 is 12.2 Å². The van der Waals surface area contributed by atoms with Crippen molar-refractivity contribution in [3.63, 3.8) is 0 Å². The molecule has 2 N–H and O–H groups in total. The van der Waals surface area contributed by atoms with Gasteiger partial charge in [0.15, 0.2) is 0 Å².